The van der Waals surface area contributed by atoms with Crippen LogP contribution in [-0.2, 0) is 4.79 Å². The van der Waals surface area contributed by atoms with Gasteiger partial charge >= 0.3 is 0 Å². The lowest BCUT2D eigenvalue weighted by molar-refractivity contribution is -0.125. The van der Waals surface area contributed by atoms with Crippen molar-refractivity contribution in [3.05, 3.63) is 11.1 Å². The smallest absolute Gasteiger partial charge is 0.139 e. The van der Waals surface area contributed by atoms with Crippen LogP contribution in [0.1, 0.15) is 40.5 Å². The van der Waals surface area contributed by atoms with Crippen molar-refractivity contribution < 1.29 is 4.79 Å². The van der Waals surface area contributed by atoms with Crippen molar-refractivity contribution >= 4 is 5.78 Å². The maximum absolute atomic E-state index is 11.6. The van der Waals surface area contributed by atoms with Gasteiger partial charge in [0.15, 0.2) is 0 Å². The standard InChI is InChI=1S/C11H18O/c1-7-5-9(3)11(12)10(4)6-8(7)2/h9-10H,5-6H2,1-4H3. The summed E-state index contributed by atoms with van der Waals surface area (Å²) in [7, 11) is 0. The van der Waals surface area contributed by atoms with E-state index >= 15 is 0 Å². The first-order valence-corrected chi connectivity index (χ1v) is 4.71. The van der Waals surface area contributed by atoms with E-state index in [-0.39, 0.29) is 11.8 Å². The Bertz CT molecular complexity index is 203. The predicted octanol–water partition coefficient (Wildman–Crippen LogP) is 2.96. The first-order valence-electron chi connectivity index (χ1n) is 4.71. The molecule has 1 nitrogen and oxygen atoms in total. The van der Waals surface area contributed by atoms with Crippen LogP contribution in [0.5, 0.6) is 0 Å². The molecule has 1 aliphatic carbocycles. The van der Waals surface area contributed by atoms with Crippen LogP contribution in [0.4, 0.5) is 0 Å². The van der Waals surface area contributed by atoms with Crippen LogP contribution >= 0.6 is 0 Å². The van der Waals surface area contributed by atoms with E-state index in [0.29, 0.717) is 5.78 Å². The molecule has 0 aromatic carbocycles. The van der Waals surface area contributed by atoms with Gasteiger partial charge in [-0.1, -0.05) is 25.0 Å². The van der Waals surface area contributed by atoms with E-state index < -0.39 is 0 Å². The van der Waals surface area contributed by atoms with Crippen LogP contribution in [0.25, 0.3) is 0 Å². The molecule has 2 atom stereocenters. The molecule has 68 valence electrons. The third kappa shape index (κ3) is 1.77. The van der Waals surface area contributed by atoms with Gasteiger partial charge in [0.2, 0.25) is 0 Å². The molecule has 0 saturated heterocycles. The van der Waals surface area contributed by atoms with E-state index in [9.17, 15) is 4.79 Å². The average Bonchev–Trinajstić information content (AvgIpc) is 2.07. The molecule has 1 heteroatoms. The predicted molar refractivity (Wildman–Crippen MR) is 50.9 cm³/mol. The molecule has 0 amide bonds. The second-order valence-electron chi connectivity index (χ2n) is 4.17. The fraction of sp³-hybridized carbons (Fsp3) is 0.727. The number of allylic oxidation sites excluding steroid dienone is 2. The van der Waals surface area contributed by atoms with Gasteiger partial charge in [-0.2, -0.15) is 0 Å². The van der Waals surface area contributed by atoms with Crippen molar-refractivity contribution in [2.75, 3.05) is 0 Å². The second kappa shape index (κ2) is 3.42. The van der Waals surface area contributed by atoms with Gasteiger partial charge in [0.05, 0.1) is 0 Å². The minimum absolute atomic E-state index is 0.234. The Kier molecular flexibility index (Phi) is 2.71. The van der Waals surface area contributed by atoms with E-state index in [4.69, 9.17) is 0 Å². The second-order valence-corrected chi connectivity index (χ2v) is 4.17. The van der Waals surface area contributed by atoms with Crippen LogP contribution in [-0.4, -0.2) is 5.78 Å². The Balaban J connectivity index is 2.86. The Morgan fingerprint density at radius 2 is 1.33 bits per heavy atom. The lowest BCUT2D eigenvalue weighted by atomic mass is 9.93. The molecule has 0 bridgehead atoms. The van der Waals surface area contributed by atoms with Crippen LogP contribution < -0.4 is 0 Å². The van der Waals surface area contributed by atoms with Gasteiger partial charge in [0.25, 0.3) is 0 Å². The number of carbonyl (C=O) groups is 1. The molecule has 0 aromatic rings. The van der Waals surface area contributed by atoms with E-state index in [1.54, 1.807) is 0 Å². The monoisotopic (exact) mass is 166 g/mol. The minimum Gasteiger partial charge on any atom is -0.299 e. The normalized spacial score (nSPS) is 32.2. The highest BCUT2D eigenvalue weighted by Gasteiger charge is 2.24. The summed E-state index contributed by atoms with van der Waals surface area (Å²) in [4.78, 5) is 11.6. The zero-order chi connectivity index (χ0) is 9.30. The zero-order valence-electron chi connectivity index (χ0n) is 8.48. The molecule has 0 radical (unpaired) electrons. The first kappa shape index (κ1) is 9.50. The molecule has 12 heavy (non-hydrogen) atoms. The van der Waals surface area contributed by atoms with Gasteiger partial charge in [-0.3, -0.25) is 4.79 Å². The number of rotatable bonds is 0. The molecule has 0 heterocycles. The SMILES string of the molecule is CC1=C(C)CC(C)C(=O)C(C)C1. The molecule has 1 aliphatic rings. The minimum atomic E-state index is 0.234. The highest BCUT2D eigenvalue weighted by atomic mass is 16.1. The maximum Gasteiger partial charge on any atom is 0.139 e. The molecule has 0 N–H and O–H groups in total. The van der Waals surface area contributed by atoms with Crippen molar-refractivity contribution in [2.24, 2.45) is 11.8 Å². The summed E-state index contributed by atoms with van der Waals surface area (Å²) in [5.74, 6) is 0.904. The van der Waals surface area contributed by atoms with Crippen molar-refractivity contribution in [1.29, 1.82) is 0 Å². The Morgan fingerprint density at radius 1 is 1.00 bits per heavy atom. The number of hydrogen-bond donors (Lipinski definition) is 0. The Hall–Kier alpha value is -0.590. The molecule has 0 fully saturated rings. The van der Waals surface area contributed by atoms with Crippen LogP contribution in [0, 0.1) is 11.8 Å². The number of ketones is 1. The van der Waals surface area contributed by atoms with Gasteiger partial charge in [0.1, 0.15) is 5.78 Å². The summed E-state index contributed by atoms with van der Waals surface area (Å²) < 4.78 is 0. The van der Waals surface area contributed by atoms with Crippen molar-refractivity contribution in [3.63, 3.8) is 0 Å². The summed E-state index contributed by atoms with van der Waals surface area (Å²) >= 11 is 0. The van der Waals surface area contributed by atoms with E-state index in [2.05, 4.69) is 13.8 Å². The third-order valence-electron chi connectivity index (χ3n) is 2.92. The Morgan fingerprint density at radius 3 is 1.67 bits per heavy atom. The van der Waals surface area contributed by atoms with Gasteiger partial charge in [-0.05, 0) is 26.7 Å². The fourth-order valence-electron chi connectivity index (χ4n) is 1.95. The highest BCUT2D eigenvalue weighted by molar-refractivity contribution is 5.83. The van der Waals surface area contributed by atoms with Crippen molar-refractivity contribution in [3.8, 4) is 0 Å². The largest absolute Gasteiger partial charge is 0.299 e. The molecule has 0 aliphatic heterocycles. The number of hydrogen-bond acceptors (Lipinski definition) is 1. The summed E-state index contributed by atoms with van der Waals surface area (Å²) in [6.45, 7) is 8.39. The van der Waals surface area contributed by atoms with Crippen molar-refractivity contribution in [1.82, 2.24) is 0 Å². The van der Waals surface area contributed by atoms with Crippen molar-refractivity contribution in [2.45, 2.75) is 40.5 Å². The van der Waals surface area contributed by atoms with Gasteiger partial charge in [-0.25, -0.2) is 0 Å². The summed E-state index contributed by atoms with van der Waals surface area (Å²) in [6.07, 6.45) is 1.93. The lowest BCUT2D eigenvalue weighted by Gasteiger charge is -2.10. The number of carbonyl (C=O) groups excluding carboxylic acids is 1. The van der Waals surface area contributed by atoms with E-state index in [1.807, 2.05) is 13.8 Å². The summed E-state index contributed by atoms with van der Waals surface area (Å²) in [6, 6.07) is 0. The Labute approximate surface area is 74.9 Å². The van der Waals surface area contributed by atoms with E-state index in [0.717, 1.165) is 12.8 Å². The molecule has 2 unspecified atom stereocenters. The van der Waals surface area contributed by atoms with Gasteiger partial charge in [-0.15, -0.1) is 0 Å². The average molecular weight is 166 g/mol. The molecule has 1 rings (SSSR count). The molecule has 0 saturated carbocycles. The summed E-state index contributed by atoms with van der Waals surface area (Å²) in [5.41, 5.74) is 2.83. The first-order chi connectivity index (χ1) is 5.52. The fourth-order valence-corrected chi connectivity index (χ4v) is 1.95. The quantitative estimate of drug-likeness (QED) is 0.506. The topological polar surface area (TPSA) is 17.1 Å². The number of Topliss-reactive ketones (excluding diaryl/α,β-unsaturated/α-hetero) is 1. The van der Waals surface area contributed by atoms with Crippen LogP contribution in [0.2, 0.25) is 0 Å². The highest BCUT2D eigenvalue weighted by Crippen LogP contribution is 2.28. The molecule has 0 aromatic heterocycles. The van der Waals surface area contributed by atoms with Crippen LogP contribution in [0.3, 0.4) is 0 Å². The maximum atomic E-state index is 11.6. The lowest BCUT2D eigenvalue weighted by Crippen LogP contribution is -2.17. The third-order valence-corrected chi connectivity index (χ3v) is 2.92. The summed E-state index contributed by atoms with van der Waals surface area (Å²) in [5, 5.41) is 0. The molecule has 0 spiro atoms. The van der Waals surface area contributed by atoms with E-state index in [1.165, 1.54) is 11.1 Å². The van der Waals surface area contributed by atoms with Gasteiger partial charge < -0.3 is 0 Å². The zero-order valence-corrected chi connectivity index (χ0v) is 8.48. The van der Waals surface area contributed by atoms with Gasteiger partial charge in [0, 0.05) is 11.8 Å². The molecular formula is C11H18O. The van der Waals surface area contributed by atoms with Crippen LogP contribution in [0.15, 0.2) is 11.1 Å². The molecular weight excluding hydrogens is 148 g/mol.